The van der Waals surface area contributed by atoms with E-state index in [0.717, 1.165) is 4.90 Å². The molecule has 1 atom stereocenters. The first kappa shape index (κ1) is 10.7. The Labute approximate surface area is 81.7 Å². The number of amides is 1. The molecule has 1 saturated heterocycles. The van der Waals surface area contributed by atoms with Crippen molar-refractivity contribution in [2.75, 3.05) is 6.54 Å². The van der Waals surface area contributed by atoms with E-state index in [2.05, 4.69) is 0 Å². The molecule has 78 valence electrons. The Morgan fingerprint density at radius 1 is 1.43 bits per heavy atom. The van der Waals surface area contributed by atoms with Crippen LogP contribution in [0.1, 0.15) is 26.2 Å². The van der Waals surface area contributed by atoms with Crippen LogP contribution < -0.4 is 0 Å². The first-order valence-corrected chi connectivity index (χ1v) is 4.64. The summed E-state index contributed by atoms with van der Waals surface area (Å²) in [5.41, 5.74) is 0. The highest BCUT2D eigenvalue weighted by atomic mass is 16.4. The molecule has 5 heteroatoms. The summed E-state index contributed by atoms with van der Waals surface area (Å²) in [6.45, 7) is 1.97. The Kier molecular flexibility index (Phi) is 3.22. The molecule has 1 fully saturated rings. The Bertz CT molecular complexity index is 274. The second-order valence-electron chi connectivity index (χ2n) is 3.27. The number of rotatable bonds is 3. The predicted molar refractivity (Wildman–Crippen MR) is 47.7 cm³/mol. The van der Waals surface area contributed by atoms with E-state index < -0.39 is 23.7 Å². The Balaban J connectivity index is 2.72. The fourth-order valence-electron chi connectivity index (χ4n) is 1.58. The molecule has 1 aliphatic heterocycles. The molecule has 0 aromatic carbocycles. The van der Waals surface area contributed by atoms with Gasteiger partial charge in [-0.05, 0) is 12.8 Å². The number of carbonyl (C=O) groups excluding carboxylic acids is 2. The summed E-state index contributed by atoms with van der Waals surface area (Å²) in [5.74, 6) is -2.20. The van der Waals surface area contributed by atoms with Gasteiger partial charge in [-0.3, -0.25) is 9.59 Å². The van der Waals surface area contributed by atoms with Gasteiger partial charge in [0.15, 0.2) is 0 Å². The maximum Gasteiger partial charge on any atom is 0.326 e. The van der Waals surface area contributed by atoms with Crippen molar-refractivity contribution in [2.24, 2.45) is 0 Å². The van der Waals surface area contributed by atoms with Crippen LogP contribution in [0.4, 0.5) is 0 Å². The van der Waals surface area contributed by atoms with Crippen LogP contribution in [0.5, 0.6) is 0 Å². The van der Waals surface area contributed by atoms with Gasteiger partial charge in [0.2, 0.25) is 5.78 Å². The second kappa shape index (κ2) is 4.21. The molecule has 1 heterocycles. The van der Waals surface area contributed by atoms with Gasteiger partial charge < -0.3 is 10.0 Å². The van der Waals surface area contributed by atoms with Gasteiger partial charge in [-0.25, -0.2) is 4.79 Å². The van der Waals surface area contributed by atoms with Crippen molar-refractivity contribution in [3.63, 3.8) is 0 Å². The largest absolute Gasteiger partial charge is 0.480 e. The van der Waals surface area contributed by atoms with Gasteiger partial charge in [0.25, 0.3) is 5.91 Å². The molecule has 0 aromatic rings. The molecular formula is C9H13NO4. The minimum Gasteiger partial charge on any atom is -0.480 e. The number of Topliss-reactive ketones (excluding diaryl/α,β-unsaturated/α-hetero) is 1. The summed E-state index contributed by atoms with van der Waals surface area (Å²) in [7, 11) is 0. The summed E-state index contributed by atoms with van der Waals surface area (Å²) >= 11 is 0. The minimum atomic E-state index is -1.03. The highest BCUT2D eigenvalue weighted by Gasteiger charge is 2.35. The zero-order valence-corrected chi connectivity index (χ0v) is 8.02. The quantitative estimate of drug-likeness (QED) is 0.651. The molecule has 14 heavy (non-hydrogen) atoms. The van der Waals surface area contributed by atoms with Crippen LogP contribution in [0.2, 0.25) is 0 Å². The van der Waals surface area contributed by atoms with E-state index in [9.17, 15) is 14.4 Å². The van der Waals surface area contributed by atoms with E-state index in [0.29, 0.717) is 19.4 Å². The van der Waals surface area contributed by atoms with Crippen LogP contribution in [0.25, 0.3) is 0 Å². The standard InChI is InChI=1S/C9H13NO4/c1-2-7(11)8(12)10-5-3-4-6(10)9(13)14/h6H,2-5H2,1H3,(H,13,14)/t6-/m0/s1. The lowest BCUT2D eigenvalue weighted by atomic mass is 10.2. The Hall–Kier alpha value is -1.39. The lowest BCUT2D eigenvalue weighted by Gasteiger charge is -2.19. The number of nitrogens with zero attached hydrogens (tertiary/aromatic N) is 1. The van der Waals surface area contributed by atoms with E-state index in [4.69, 9.17) is 5.11 Å². The normalized spacial score (nSPS) is 20.9. The van der Waals surface area contributed by atoms with Crippen molar-refractivity contribution in [1.82, 2.24) is 4.90 Å². The third-order valence-corrected chi connectivity index (χ3v) is 2.36. The average Bonchev–Trinajstić information content (AvgIpc) is 2.63. The minimum absolute atomic E-state index is 0.127. The lowest BCUT2D eigenvalue weighted by molar-refractivity contribution is -0.151. The molecule has 0 saturated carbocycles. The molecule has 0 bridgehead atoms. The number of carboxylic acids is 1. The number of likely N-dealkylation sites (tertiary alicyclic amines) is 1. The molecular weight excluding hydrogens is 186 g/mol. The molecule has 1 rings (SSSR count). The molecule has 1 amide bonds. The topological polar surface area (TPSA) is 74.7 Å². The molecule has 1 N–H and O–H groups in total. The number of hydrogen-bond donors (Lipinski definition) is 1. The maximum absolute atomic E-state index is 11.4. The summed E-state index contributed by atoms with van der Waals surface area (Å²) in [6.07, 6.45) is 1.22. The summed E-state index contributed by atoms with van der Waals surface area (Å²) in [4.78, 5) is 34.4. The van der Waals surface area contributed by atoms with Gasteiger partial charge in [-0.1, -0.05) is 6.92 Å². The summed E-state index contributed by atoms with van der Waals surface area (Å²) in [6, 6.07) is -0.807. The fourth-order valence-corrected chi connectivity index (χ4v) is 1.58. The van der Waals surface area contributed by atoms with Crippen LogP contribution in [-0.2, 0) is 14.4 Å². The van der Waals surface area contributed by atoms with Gasteiger partial charge in [0.05, 0.1) is 0 Å². The Morgan fingerprint density at radius 3 is 2.57 bits per heavy atom. The second-order valence-corrected chi connectivity index (χ2v) is 3.27. The third-order valence-electron chi connectivity index (χ3n) is 2.36. The number of ketones is 1. The highest BCUT2D eigenvalue weighted by molar-refractivity contribution is 6.36. The van der Waals surface area contributed by atoms with E-state index >= 15 is 0 Å². The molecule has 5 nitrogen and oxygen atoms in total. The van der Waals surface area contributed by atoms with Gasteiger partial charge in [-0.15, -0.1) is 0 Å². The lowest BCUT2D eigenvalue weighted by Crippen LogP contribution is -2.43. The monoisotopic (exact) mass is 199 g/mol. The van der Waals surface area contributed by atoms with Crippen molar-refractivity contribution in [3.8, 4) is 0 Å². The van der Waals surface area contributed by atoms with Crippen LogP contribution in [0.3, 0.4) is 0 Å². The van der Waals surface area contributed by atoms with Crippen molar-refractivity contribution >= 4 is 17.7 Å². The van der Waals surface area contributed by atoms with Crippen molar-refractivity contribution in [2.45, 2.75) is 32.2 Å². The Morgan fingerprint density at radius 2 is 2.07 bits per heavy atom. The van der Waals surface area contributed by atoms with Crippen molar-refractivity contribution in [1.29, 1.82) is 0 Å². The first-order valence-electron chi connectivity index (χ1n) is 4.64. The molecule has 0 unspecified atom stereocenters. The van der Waals surface area contributed by atoms with Crippen molar-refractivity contribution in [3.05, 3.63) is 0 Å². The van der Waals surface area contributed by atoms with E-state index in [-0.39, 0.29) is 6.42 Å². The van der Waals surface area contributed by atoms with E-state index in [1.165, 1.54) is 0 Å². The summed E-state index contributed by atoms with van der Waals surface area (Å²) < 4.78 is 0. The van der Waals surface area contributed by atoms with Crippen molar-refractivity contribution < 1.29 is 19.5 Å². The van der Waals surface area contributed by atoms with Gasteiger partial charge >= 0.3 is 5.97 Å². The van der Waals surface area contributed by atoms with Gasteiger partial charge in [0, 0.05) is 13.0 Å². The van der Waals surface area contributed by atoms with Crippen LogP contribution in [0.15, 0.2) is 0 Å². The third kappa shape index (κ3) is 1.92. The van der Waals surface area contributed by atoms with Gasteiger partial charge in [-0.2, -0.15) is 0 Å². The maximum atomic E-state index is 11.4. The summed E-state index contributed by atoms with van der Waals surface area (Å²) in [5, 5.41) is 8.78. The number of hydrogen-bond acceptors (Lipinski definition) is 3. The number of aliphatic carboxylic acids is 1. The van der Waals surface area contributed by atoms with Gasteiger partial charge in [0.1, 0.15) is 6.04 Å². The average molecular weight is 199 g/mol. The molecule has 0 aromatic heterocycles. The van der Waals surface area contributed by atoms with E-state index in [1.54, 1.807) is 6.92 Å². The smallest absolute Gasteiger partial charge is 0.326 e. The highest BCUT2D eigenvalue weighted by Crippen LogP contribution is 2.17. The SMILES string of the molecule is CCC(=O)C(=O)N1CCC[C@H]1C(=O)O. The predicted octanol–water partition coefficient (Wildman–Crippen LogP) is 0.0411. The molecule has 0 spiro atoms. The van der Waals surface area contributed by atoms with Crippen LogP contribution >= 0.6 is 0 Å². The van der Waals surface area contributed by atoms with Crippen LogP contribution in [-0.4, -0.2) is 40.3 Å². The molecule has 0 radical (unpaired) electrons. The zero-order valence-electron chi connectivity index (χ0n) is 8.02. The zero-order chi connectivity index (χ0) is 10.7. The first-order chi connectivity index (χ1) is 6.57. The molecule has 1 aliphatic rings. The number of carbonyl (C=O) groups is 3. The number of carboxylic acid groups (broad SMARTS) is 1. The van der Waals surface area contributed by atoms with Crippen LogP contribution in [0, 0.1) is 0 Å². The fraction of sp³-hybridized carbons (Fsp3) is 0.667. The van der Waals surface area contributed by atoms with E-state index in [1.807, 2.05) is 0 Å². The molecule has 0 aliphatic carbocycles.